The van der Waals surface area contributed by atoms with E-state index in [2.05, 4.69) is 36.5 Å². The van der Waals surface area contributed by atoms with Gasteiger partial charge in [-0.05, 0) is 37.8 Å². The van der Waals surface area contributed by atoms with Crippen molar-refractivity contribution < 1.29 is 8.42 Å². The first-order valence-corrected chi connectivity index (χ1v) is 9.65. The molecule has 0 bridgehead atoms. The van der Waals surface area contributed by atoms with E-state index in [1.165, 1.54) is 21.2 Å². The first-order chi connectivity index (χ1) is 9.35. The first kappa shape index (κ1) is 15.5. The third kappa shape index (κ3) is 4.30. The summed E-state index contributed by atoms with van der Waals surface area (Å²) in [5.41, 5.74) is 0. The minimum Gasteiger partial charge on any atom is -0.307 e. The van der Waals surface area contributed by atoms with E-state index in [1.807, 2.05) is 13.0 Å². The average Bonchev–Trinajstić information content (AvgIpc) is 2.79. The Morgan fingerprint density at radius 2 is 1.95 bits per heavy atom. The summed E-state index contributed by atoms with van der Waals surface area (Å²) in [7, 11) is -2.88. The monoisotopic (exact) mass is 311 g/mol. The van der Waals surface area contributed by atoms with Crippen molar-refractivity contribution in [3.63, 3.8) is 0 Å². The summed E-state index contributed by atoms with van der Waals surface area (Å²) in [6, 6.07) is 11.0. The van der Waals surface area contributed by atoms with E-state index in [0.29, 0.717) is 6.42 Å². The van der Waals surface area contributed by atoms with E-state index in [-0.39, 0.29) is 17.8 Å². The lowest BCUT2D eigenvalue weighted by Gasteiger charge is -2.18. The molecular weight excluding hydrogens is 290 g/mol. The van der Waals surface area contributed by atoms with Crippen LogP contribution in [-0.4, -0.2) is 26.5 Å². The quantitative estimate of drug-likeness (QED) is 0.889. The summed E-state index contributed by atoms with van der Waals surface area (Å²) in [6.45, 7) is 4.16. The minimum atomic E-state index is -2.88. The van der Waals surface area contributed by atoms with Crippen LogP contribution >= 0.6 is 11.3 Å². The predicted molar refractivity (Wildman–Crippen MR) is 87.2 cm³/mol. The maximum absolute atomic E-state index is 11.2. The highest BCUT2D eigenvalue weighted by Gasteiger charge is 2.13. The zero-order chi connectivity index (χ0) is 14.8. The van der Waals surface area contributed by atoms with Gasteiger partial charge in [-0.2, -0.15) is 0 Å². The van der Waals surface area contributed by atoms with Gasteiger partial charge in [-0.3, -0.25) is 0 Å². The molecule has 0 aliphatic heterocycles. The Balaban J connectivity index is 1.98. The number of rotatable bonds is 6. The van der Waals surface area contributed by atoms with Crippen LogP contribution in [0.15, 0.2) is 30.3 Å². The summed E-state index contributed by atoms with van der Waals surface area (Å²) in [5.74, 6) is 0.236. The van der Waals surface area contributed by atoms with E-state index in [1.54, 1.807) is 11.3 Å². The van der Waals surface area contributed by atoms with Crippen LogP contribution in [0.2, 0.25) is 0 Å². The Morgan fingerprint density at radius 3 is 2.60 bits per heavy atom. The molecule has 0 radical (unpaired) electrons. The van der Waals surface area contributed by atoms with Gasteiger partial charge in [-0.15, -0.1) is 11.3 Å². The second-order valence-electron chi connectivity index (χ2n) is 5.39. The molecule has 20 heavy (non-hydrogen) atoms. The predicted octanol–water partition coefficient (Wildman–Crippen LogP) is 3.38. The van der Waals surface area contributed by atoms with Gasteiger partial charge in [0, 0.05) is 27.9 Å². The molecule has 1 aromatic carbocycles. The van der Waals surface area contributed by atoms with Gasteiger partial charge < -0.3 is 5.32 Å². The average molecular weight is 311 g/mol. The van der Waals surface area contributed by atoms with Gasteiger partial charge in [0.15, 0.2) is 0 Å². The fraction of sp³-hybridized carbons (Fsp3) is 0.467. The molecule has 2 aromatic rings. The first-order valence-electron chi connectivity index (χ1n) is 6.77. The molecule has 0 unspecified atom stereocenters. The van der Waals surface area contributed by atoms with E-state index >= 15 is 0 Å². The number of benzene rings is 1. The smallest absolute Gasteiger partial charge is 0.147 e. The number of hydrogen-bond donors (Lipinski definition) is 1. The van der Waals surface area contributed by atoms with Crippen molar-refractivity contribution in [3.8, 4) is 0 Å². The van der Waals surface area contributed by atoms with Crippen LogP contribution in [0.25, 0.3) is 10.1 Å². The number of nitrogens with one attached hydrogen (secondary N) is 1. The highest BCUT2D eigenvalue weighted by Crippen LogP contribution is 2.29. The molecule has 1 N–H and O–H groups in total. The van der Waals surface area contributed by atoms with Gasteiger partial charge in [0.1, 0.15) is 9.84 Å². The summed E-state index contributed by atoms with van der Waals surface area (Å²) in [5, 5.41) is 4.74. The Kier molecular flexibility index (Phi) is 4.83. The molecule has 3 nitrogen and oxygen atoms in total. The molecule has 1 aromatic heterocycles. The van der Waals surface area contributed by atoms with E-state index in [0.717, 1.165) is 0 Å². The van der Waals surface area contributed by atoms with Crippen molar-refractivity contribution in [2.75, 3.05) is 12.0 Å². The fourth-order valence-corrected chi connectivity index (χ4v) is 4.06. The van der Waals surface area contributed by atoms with Gasteiger partial charge in [0.2, 0.25) is 0 Å². The molecule has 0 saturated heterocycles. The van der Waals surface area contributed by atoms with Gasteiger partial charge in [-0.1, -0.05) is 18.2 Å². The van der Waals surface area contributed by atoms with Crippen molar-refractivity contribution >= 4 is 31.3 Å². The summed E-state index contributed by atoms with van der Waals surface area (Å²) >= 11 is 1.79. The standard InChI is InChI=1S/C15H21NO2S2/c1-11(8-9-20(3,17)18)16-12(2)15-10-13-6-4-5-7-14(13)19-15/h4-7,10-12,16H,8-9H2,1-3H3/t11-,12-/m1/s1. The van der Waals surface area contributed by atoms with Crippen molar-refractivity contribution in [2.24, 2.45) is 0 Å². The summed E-state index contributed by atoms with van der Waals surface area (Å²) < 4.78 is 23.7. The molecule has 0 saturated carbocycles. The molecule has 110 valence electrons. The fourth-order valence-electron chi connectivity index (χ4n) is 2.20. The van der Waals surface area contributed by atoms with Crippen LogP contribution in [0.5, 0.6) is 0 Å². The maximum Gasteiger partial charge on any atom is 0.147 e. The number of thiophene rings is 1. The normalized spacial score (nSPS) is 15.3. The maximum atomic E-state index is 11.2. The zero-order valence-corrected chi connectivity index (χ0v) is 13.7. The topological polar surface area (TPSA) is 46.2 Å². The van der Waals surface area contributed by atoms with Gasteiger partial charge in [0.05, 0.1) is 5.75 Å². The second kappa shape index (κ2) is 6.24. The van der Waals surface area contributed by atoms with Gasteiger partial charge in [0.25, 0.3) is 0 Å². The Hall–Kier alpha value is -0.910. The van der Waals surface area contributed by atoms with Crippen molar-refractivity contribution in [3.05, 3.63) is 35.2 Å². The van der Waals surface area contributed by atoms with Crippen LogP contribution in [0, 0.1) is 0 Å². The molecule has 2 atom stereocenters. The van der Waals surface area contributed by atoms with E-state index < -0.39 is 9.84 Å². The number of fused-ring (bicyclic) bond motifs is 1. The SMILES string of the molecule is C[C@H](CCS(C)(=O)=O)N[C@H](C)c1cc2ccccc2s1. The molecule has 0 fully saturated rings. The third-order valence-electron chi connectivity index (χ3n) is 3.33. The summed E-state index contributed by atoms with van der Waals surface area (Å²) in [6.07, 6.45) is 1.93. The third-order valence-corrected chi connectivity index (χ3v) is 5.60. The molecule has 5 heteroatoms. The van der Waals surface area contributed by atoms with Crippen molar-refractivity contribution in [1.29, 1.82) is 0 Å². The lowest BCUT2D eigenvalue weighted by atomic mass is 10.2. The minimum absolute atomic E-state index is 0.185. The molecule has 0 aliphatic rings. The van der Waals surface area contributed by atoms with Crippen LogP contribution in [-0.2, 0) is 9.84 Å². The molecule has 2 rings (SSSR count). The number of sulfone groups is 1. The van der Waals surface area contributed by atoms with Crippen molar-refractivity contribution in [2.45, 2.75) is 32.4 Å². The molecule has 0 amide bonds. The molecule has 1 heterocycles. The van der Waals surface area contributed by atoms with Gasteiger partial charge >= 0.3 is 0 Å². The molecular formula is C15H21NO2S2. The Labute approximate surface area is 124 Å². The lowest BCUT2D eigenvalue weighted by Crippen LogP contribution is -2.30. The van der Waals surface area contributed by atoms with E-state index in [9.17, 15) is 8.42 Å². The van der Waals surface area contributed by atoms with Crippen LogP contribution < -0.4 is 5.32 Å². The zero-order valence-electron chi connectivity index (χ0n) is 12.1. The van der Waals surface area contributed by atoms with Crippen LogP contribution in [0.1, 0.15) is 31.2 Å². The highest BCUT2D eigenvalue weighted by molar-refractivity contribution is 7.90. The van der Waals surface area contributed by atoms with Crippen molar-refractivity contribution in [1.82, 2.24) is 5.32 Å². The largest absolute Gasteiger partial charge is 0.307 e. The molecule has 0 spiro atoms. The van der Waals surface area contributed by atoms with Crippen LogP contribution in [0.4, 0.5) is 0 Å². The van der Waals surface area contributed by atoms with E-state index in [4.69, 9.17) is 0 Å². The number of hydrogen-bond acceptors (Lipinski definition) is 4. The second-order valence-corrected chi connectivity index (χ2v) is 8.77. The van der Waals surface area contributed by atoms with Gasteiger partial charge in [-0.25, -0.2) is 8.42 Å². The Morgan fingerprint density at radius 1 is 1.25 bits per heavy atom. The highest BCUT2D eigenvalue weighted by atomic mass is 32.2. The summed E-state index contributed by atoms with van der Waals surface area (Å²) in [4.78, 5) is 1.29. The van der Waals surface area contributed by atoms with Crippen LogP contribution in [0.3, 0.4) is 0 Å². The Bertz CT molecular complexity index is 643. The molecule has 0 aliphatic carbocycles. The lowest BCUT2D eigenvalue weighted by molar-refractivity contribution is 0.472.